The van der Waals surface area contributed by atoms with Gasteiger partial charge in [-0.25, -0.2) is 0 Å². The lowest BCUT2D eigenvalue weighted by atomic mass is 9.81. The number of aryl methyl sites for hydroxylation is 1. The number of alkyl halides is 3. The van der Waals surface area contributed by atoms with E-state index in [0.29, 0.717) is 12.5 Å². The Labute approximate surface area is 170 Å². The number of halogens is 3. The Balaban J connectivity index is 1.40. The van der Waals surface area contributed by atoms with E-state index in [0.717, 1.165) is 61.4 Å². The van der Waals surface area contributed by atoms with Gasteiger partial charge < -0.3 is 5.32 Å². The van der Waals surface area contributed by atoms with Gasteiger partial charge in [0.25, 0.3) is 0 Å². The summed E-state index contributed by atoms with van der Waals surface area (Å²) in [6.45, 7) is 2.74. The highest BCUT2D eigenvalue weighted by molar-refractivity contribution is 5.97. The summed E-state index contributed by atoms with van der Waals surface area (Å²) in [5, 5.41) is 3.52. The molecule has 2 nitrogen and oxygen atoms in total. The van der Waals surface area contributed by atoms with Crippen LogP contribution in [0.5, 0.6) is 0 Å². The van der Waals surface area contributed by atoms with Crippen molar-refractivity contribution in [2.45, 2.75) is 63.6 Å². The van der Waals surface area contributed by atoms with Crippen molar-refractivity contribution in [3.63, 3.8) is 0 Å². The molecule has 1 aliphatic rings. The fourth-order valence-corrected chi connectivity index (χ4v) is 4.18. The average molecular weight is 403 g/mol. The predicted octanol–water partition coefficient (Wildman–Crippen LogP) is 6.29. The maximum atomic E-state index is 12.9. The molecule has 156 valence electrons. The lowest BCUT2D eigenvalue weighted by Crippen LogP contribution is -2.33. The van der Waals surface area contributed by atoms with Gasteiger partial charge in [0.05, 0.1) is 5.56 Å². The molecular weight excluding hydrogens is 375 g/mol. The summed E-state index contributed by atoms with van der Waals surface area (Å²) < 4.78 is 38.8. The minimum atomic E-state index is -4.29. The van der Waals surface area contributed by atoms with Crippen molar-refractivity contribution in [3.8, 4) is 0 Å². The third-order valence-electron chi connectivity index (χ3n) is 5.87. The third kappa shape index (κ3) is 5.92. The van der Waals surface area contributed by atoms with E-state index in [1.54, 1.807) is 0 Å². The Morgan fingerprint density at radius 3 is 2.45 bits per heavy atom. The van der Waals surface area contributed by atoms with Crippen LogP contribution in [-0.2, 0) is 6.18 Å². The van der Waals surface area contributed by atoms with Crippen LogP contribution >= 0.6 is 0 Å². The molecular formula is C24H28F3NO. The zero-order chi connectivity index (χ0) is 20.9. The Bertz CT molecular complexity index is 823. The summed E-state index contributed by atoms with van der Waals surface area (Å²) in [5.74, 6) is 0.371. The zero-order valence-electron chi connectivity index (χ0n) is 16.8. The number of carbonyl (C=O) groups is 1. The van der Waals surface area contributed by atoms with Crippen molar-refractivity contribution in [1.82, 2.24) is 5.32 Å². The number of nitrogens with one attached hydrogen (secondary N) is 1. The van der Waals surface area contributed by atoms with E-state index in [1.165, 1.54) is 12.1 Å². The number of rotatable bonds is 7. The first-order valence-corrected chi connectivity index (χ1v) is 10.3. The molecule has 1 saturated carbocycles. The van der Waals surface area contributed by atoms with Gasteiger partial charge in [0.2, 0.25) is 0 Å². The first-order chi connectivity index (χ1) is 13.8. The molecule has 1 N–H and O–H groups in total. The number of benzene rings is 2. The molecule has 3 rings (SSSR count). The summed E-state index contributed by atoms with van der Waals surface area (Å²) >= 11 is 0. The van der Waals surface area contributed by atoms with E-state index in [1.807, 2.05) is 37.3 Å². The molecule has 0 unspecified atom stereocenters. The number of carbonyl (C=O) groups excluding carboxylic acids is 1. The third-order valence-corrected chi connectivity index (χ3v) is 5.87. The van der Waals surface area contributed by atoms with Crippen molar-refractivity contribution in [2.75, 3.05) is 6.54 Å². The van der Waals surface area contributed by atoms with Gasteiger partial charge in [0.15, 0.2) is 5.78 Å². The van der Waals surface area contributed by atoms with Crippen LogP contribution in [0.25, 0.3) is 0 Å². The Morgan fingerprint density at radius 2 is 1.76 bits per heavy atom. The minimum Gasteiger partial charge on any atom is -0.314 e. The molecule has 0 spiro atoms. The van der Waals surface area contributed by atoms with E-state index >= 15 is 0 Å². The van der Waals surface area contributed by atoms with Gasteiger partial charge >= 0.3 is 6.18 Å². The van der Waals surface area contributed by atoms with Gasteiger partial charge in [0, 0.05) is 18.0 Å². The first-order valence-electron chi connectivity index (χ1n) is 10.3. The zero-order valence-corrected chi connectivity index (χ0v) is 16.8. The van der Waals surface area contributed by atoms with Crippen LogP contribution in [0.3, 0.4) is 0 Å². The van der Waals surface area contributed by atoms with Gasteiger partial charge in [-0.1, -0.05) is 42.5 Å². The number of Topliss-reactive ketones (excluding diaryl/α,β-unsaturated/α-hetero) is 1. The highest BCUT2D eigenvalue weighted by Gasteiger charge is 2.31. The second-order valence-electron chi connectivity index (χ2n) is 7.97. The van der Waals surface area contributed by atoms with Gasteiger partial charge in [-0.2, -0.15) is 13.2 Å². The summed E-state index contributed by atoms with van der Waals surface area (Å²) in [4.78, 5) is 12.3. The van der Waals surface area contributed by atoms with Crippen LogP contribution in [0.15, 0.2) is 48.5 Å². The summed E-state index contributed by atoms with van der Waals surface area (Å²) in [7, 11) is 0. The highest BCUT2D eigenvalue weighted by atomic mass is 19.4. The van der Waals surface area contributed by atoms with Crippen molar-refractivity contribution < 1.29 is 18.0 Å². The largest absolute Gasteiger partial charge is 0.416 e. The molecule has 1 fully saturated rings. The molecule has 1 aliphatic carbocycles. The topological polar surface area (TPSA) is 29.1 Å². The quantitative estimate of drug-likeness (QED) is 0.435. The van der Waals surface area contributed by atoms with Crippen LogP contribution in [0.4, 0.5) is 13.2 Å². The van der Waals surface area contributed by atoms with E-state index in [2.05, 4.69) is 5.32 Å². The maximum absolute atomic E-state index is 12.9. The molecule has 0 saturated heterocycles. The normalized spacial score (nSPS) is 19.9. The molecule has 0 heterocycles. The van der Waals surface area contributed by atoms with Crippen LogP contribution in [-0.4, -0.2) is 18.4 Å². The van der Waals surface area contributed by atoms with Crippen molar-refractivity contribution in [1.29, 1.82) is 0 Å². The lowest BCUT2D eigenvalue weighted by molar-refractivity contribution is -0.137. The Morgan fingerprint density at radius 1 is 1.03 bits per heavy atom. The Kier molecular flexibility index (Phi) is 7.12. The van der Waals surface area contributed by atoms with Crippen LogP contribution in [0.2, 0.25) is 0 Å². The fraction of sp³-hybridized carbons (Fsp3) is 0.458. The number of hydrogen-bond acceptors (Lipinski definition) is 2. The van der Waals surface area contributed by atoms with Gasteiger partial charge in [0.1, 0.15) is 0 Å². The molecule has 0 bridgehead atoms. The molecule has 29 heavy (non-hydrogen) atoms. The molecule has 0 amide bonds. The van der Waals surface area contributed by atoms with Crippen molar-refractivity contribution >= 4 is 5.78 Å². The molecule has 0 aromatic heterocycles. The van der Waals surface area contributed by atoms with Crippen LogP contribution < -0.4 is 5.32 Å². The lowest BCUT2D eigenvalue weighted by Gasteiger charge is -2.30. The molecule has 2 aromatic carbocycles. The minimum absolute atomic E-state index is 0.179. The summed E-state index contributed by atoms with van der Waals surface area (Å²) in [5.41, 5.74) is 2.04. The average Bonchev–Trinajstić information content (AvgIpc) is 2.71. The second-order valence-corrected chi connectivity index (χ2v) is 7.97. The number of ketones is 1. The Hall–Kier alpha value is -2.14. The van der Waals surface area contributed by atoms with Crippen LogP contribution in [0.1, 0.15) is 71.5 Å². The smallest absolute Gasteiger partial charge is 0.314 e. The van der Waals surface area contributed by atoms with E-state index < -0.39 is 11.7 Å². The SMILES string of the molecule is Cc1ccccc1C(=O)CCCNC1CCC(c2cccc(C(F)(F)F)c2)CC1. The highest BCUT2D eigenvalue weighted by Crippen LogP contribution is 2.36. The van der Waals surface area contributed by atoms with E-state index in [4.69, 9.17) is 0 Å². The number of hydrogen-bond donors (Lipinski definition) is 1. The molecule has 0 aliphatic heterocycles. The van der Waals surface area contributed by atoms with E-state index in [9.17, 15) is 18.0 Å². The predicted molar refractivity (Wildman–Crippen MR) is 109 cm³/mol. The van der Waals surface area contributed by atoms with Gasteiger partial charge in [-0.3, -0.25) is 4.79 Å². The molecule has 2 aromatic rings. The summed E-state index contributed by atoms with van der Waals surface area (Å²) in [6, 6.07) is 13.8. The molecule has 5 heteroatoms. The molecule has 0 radical (unpaired) electrons. The van der Waals surface area contributed by atoms with Crippen LogP contribution in [0, 0.1) is 6.92 Å². The van der Waals surface area contributed by atoms with Crippen molar-refractivity contribution in [2.24, 2.45) is 0 Å². The van der Waals surface area contributed by atoms with Gasteiger partial charge in [-0.15, -0.1) is 0 Å². The fourth-order valence-electron chi connectivity index (χ4n) is 4.18. The first kappa shape index (κ1) is 21.6. The van der Waals surface area contributed by atoms with E-state index in [-0.39, 0.29) is 11.7 Å². The second kappa shape index (κ2) is 9.57. The summed E-state index contributed by atoms with van der Waals surface area (Å²) in [6.07, 6.45) is 0.712. The molecule has 0 atom stereocenters. The monoisotopic (exact) mass is 403 g/mol. The van der Waals surface area contributed by atoms with Crippen molar-refractivity contribution in [3.05, 3.63) is 70.8 Å². The maximum Gasteiger partial charge on any atom is 0.416 e. The van der Waals surface area contributed by atoms with Gasteiger partial charge in [-0.05, 0) is 68.7 Å². The standard InChI is InChI=1S/C24H28F3NO/c1-17-6-2-3-9-22(17)23(29)10-5-15-28-21-13-11-18(12-14-21)19-7-4-8-20(16-19)24(25,26)27/h2-4,6-9,16,18,21,28H,5,10-15H2,1H3.